The molecule has 0 radical (unpaired) electrons. The van der Waals surface area contributed by atoms with Gasteiger partial charge in [0.2, 0.25) is 0 Å². The van der Waals surface area contributed by atoms with E-state index in [9.17, 15) is 15.0 Å². The highest BCUT2D eigenvalue weighted by molar-refractivity contribution is 7.80. The minimum atomic E-state index is -1.12. The summed E-state index contributed by atoms with van der Waals surface area (Å²) in [4.78, 5) is 15.2. The number of aliphatic hydroxyl groups is 2. The number of esters is 1. The van der Waals surface area contributed by atoms with Gasteiger partial charge in [-0.2, -0.15) is 12.6 Å². The van der Waals surface area contributed by atoms with E-state index in [0.717, 1.165) is 11.3 Å². The topological polar surface area (TPSA) is 79.7 Å². The second-order valence-corrected chi connectivity index (χ2v) is 4.18. The minimum Gasteiger partial charge on any atom is -0.465 e. The maximum Gasteiger partial charge on any atom is 0.349 e. The Hall–Kier alpha value is -0.630. The number of methoxy groups -OCH3 is 1. The smallest absolute Gasteiger partial charge is 0.349 e. The summed E-state index contributed by atoms with van der Waals surface area (Å²) in [6.07, 6.45) is -0.809. The second-order valence-electron chi connectivity index (χ2n) is 2.75. The van der Waals surface area contributed by atoms with Gasteiger partial charge in [-0.25, -0.2) is 9.78 Å². The molecule has 1 rings (SSSR count). The van der Waals surface area contributed by atoms with Crippen molar-refractivity contribution in [3.63, 3.8) is 0 Å². The SMILES string of the molecule is COC(=O)c1cnc(C(O)C(O)CS)s1. The average Bonchev–Trinajstić information content (AvgIpc) is 2.75. The van der Waals surface area contributed by atoms with Gasteiger partial charge >= 0.3 is 5.97 Å². The Kier molecular flexibility index (Phi) is 4.52. The summed E-state index contributed by atoms with van der Waals surface area (Å²) in [6, 6.07) is 0. The van der Waals surface area contributed by atoms with E-state index in [2.05, 4.69) is 22.3 Å². The summed E-state index contributed by atoms with van der Waals surface area (Å²) < 4.78 is 4.49. The highest BCUT2D eigenvalue weighted by Gasteiger charge is 2.22. The molecule has 0 aliphatic heterocycles. The Bertz CT molecular complexity index is 341. The van der Waals surface area contributed by atoms with Crippen LogP contribution in [0.2, 0.25) is 0 Å². The van der Waals surface area contributed by atoms with Crippen LogP contribution in [0.15, 0.2) is 6.20 Å². The van der Waals surface area contributed by atoms with Gasteiger partial charge in [0.25, 0.3) is 0 Å². The maximum atomic E-state index is 11.1. The van der Waals surface area contributed by atoms with Crippen LogP contribution < -0.4 is 0 Å². The number of aliphatic hydroxyl groups excluding tert-OH is 2. The minimum absolute atomic E-state index is 0.119. The fourth-order valence-electron chi connectivity index (χ4n) is 0.884. The highest BCUT2D eigenvalue weighted by atomic mass is 32.1. The molecule has 0 aliphatic rings. The van der Waals surface area contributed by atoms with Crippen LogP contribution >= 0.6 is 24.0 Å². The molecule has 2 unspecified atom stereocenters. The Morgan fingerprint density at radius 2 is 2.40 bits per heavy atom. The summed E-state index contributed by atoms with van der Waals surface area (Å²) in [6.45, 7) is 0. The third-order valence-corrected chi connectivity index (χ3v) is 3.14. The quantitative estimate of drug-likeness (QED) is 0.526. The molecule has 0 saturated carbocycles. The fourth-order valence-corrected chi connectivity index (χ4v) is 1.96. The van der Waals surface area contributed by atoms with E-state index in [1.807, 2.05) is 0 Å². The van der Waals surface area contributed by atoms with Gasteiger partial charge in [-0.3, -0.25) is 0 Å². The van der Waals surface area contributed by atoms with Crippen molar-refractivity contribution in [2.45, 2.75) is 12.2 Å². The molecule has 1 aromatic rings. The molecule has 0 bridgehead atoms. The number of thiol groups is 1. The van der Waals surface area contributed by atoms with Crippen molar-refractivity contribution < 1.29 is 19.7 Å². The monoisotopic (exact) mass is 249 g/mol. The lowest BCUT2D eigenvalue weighted by Crippen LogP contribution is -2.19. The van der Waals surface area contributed by atoms with Crippen molar-refractivity contribution >= 4 is 29.9 Å². The third kappa shape index (κ3) is 2.91. The number of aromatic nitrogens is 1. The van der Waals surface area contributed by atoms with Crippen molar-refractivity contribution in [1.82, 2.24) is 4.98 Å². The molecule has 0 amide bonds. The maximum absolute atomic E-state index is 11.1. The molecule has 0 fully saturated rings. The first-order valence-corrected chi connectivity index (χ1v) is 5.56. The van der Waals surface area contributed by atoms with Crippen LogP contribution in [0, 0.1) is 0 Å². The molecule has 0 saturated heterocycles. The van der Waals surface area contributed by atoms with E-state index in [-0.39, 0.29) is 15.6 Å². The summed E-state index contributed by atoms with van der Waals surface area (Å²) in [5.74, 6) is -0.389. The fraction of sp³-hybridized carbons (Fsp3) is 0.500. The van der Waals surface area contributed by atoms with Crippen molar-refractivity contribution in [2.75, 3.05) is 12.9 Å². The molecule has 7 heteroatoms. The molecule has 1 aromatic heterocycles. The first kappa shape index (κ1) is 12.4. The summed E-state index contributed by atoms with van der Waals surface area (Å²) >= 11 is 4.83. The summed E-state index contributed by atoms with van der Waals surface area (Å²) in [7, 11) is 1.26. The largest absolute Gasteiger partial charge is 0.465 e. The molecule has 5 nitrogen and oxygen atoms in total. The lowest BCUT2D eigenvalue weighted by Gasteiger charge is -2.12. The molecule has 1 heterocycles. The lowest BCUT2D eigenvalue weighted by atomic mass is 10.2. The first-order valence-electron chi connectivity index (χ1n) is 4.11. The molecule has 2 atom stereocenters. The van der Waals surface area contributed by atoms with Crippen LogP contribution in [-0.2, 0) is 4.74 Å². The molecular formula is C8H11NO4S2. The summed E-state index contributed by atoms with van der Waals surface area (Å²) in [5.41, 5.74) is 0. The molecule has 0 aliphatic carbocycles. The molecule has 0 aromatic carbocycles. The van der Waals surface area contributed by atoms with Gasteiger partial charge in [0.1, 0.15) is 16.0 Å². The Labute approximate surface area is 96.1 Å². The van der Waals surface area contributed by atoms with Crippen molar-refractivity contribution in [1.29, 1.82) is 0 Å². The van der Waals surface area contributed by atoms with E-state index in [1.165, 1.54) is 13.3 Å². The number of hydrogen-bond donors (Lipinski definition) is 3. The molecule has 84 valence electrons. The van der Waals surface area contributed by atoms with Crippen LogP contribution in [0.4, 0.5) is 0 Å². The Balaban J connectivity index is 2.79. The van der Waals surface area contributed by atoms with E-state index in [0.29, 0.717) is 0 Å². The number of carbonyl (C=O) groups is 1. The van der Waals surface area contributed by atoms with Gasteiger partial charge in [0.15, 0.2) is 0 Å². The molecular weight excluding hydrogens is 238 g/mol. The van der Waals surface area contributed by atoms with Crippen molar-refractivity contribution in [3.8, 4) is 0 Å². The predicted octanol–water partition coefficient (Wildman–Crippen LogP) is 0.254. The standard InChI is InChI=1S/C8H11NO4S2/c1-13-8(12)5-2-9-7(15-5)6(11)4(10)3-14/h2,4,6,10-11,14H,3H2,1H3. The second kappa shape index (κ2) is 5.45. The average molecular weight is 249 g/mol. The van der Waals surface area contributed by atoms with Gasteiger partial charge in [-0.1, -0.05) is 0 Å². The van der Waals surface area contributed by atoms with E-state index < -0.39 is 18.2 Å². The van der Waals surface area contributed by atoms with E-state index in [1.54, 1.807) is 0 Å². The number of nitrogens with zero attached hydrogens (tertiary/aromatic N) is 1. The lowest BCUT2D eigenvalue weighted by molar-refractivity contribution is 0.0336. The van der Waals surface area contributed by atoms with Gasteiger partial charge in [0, 0.05) is 5.75 Å². The highest BCUT2D eigenvalue weighted by Crippen LogP contribution is 2.23. The number of rotatable bonds is 4. The van der Waals surface area contributed by atoms with Crippen LogP contribution in [-0.4, -0.2) is 40.1 Å². The van der Waals surface area contributed by atoms with Gasteiger partial charge in [-0.05, 0) is 0 Å². The first-order chi connectivity index (χ1) is 7.10. The third-order valence-electron chi connectivity index (χ3n) is 1.71. The van der Waals surface area contributed by atoms with E-state index >= 15 is 0 Å². The molecule has 15 heavy (non-hydrogen) atoms. The number of carbonyl (C=O) groups excluding carboxylic acids is 1. The molecule has 0 spiro atoms. The van der Waals surface area contributed by atoms with Gasteiger partial charge in [0.05, 0.1) is 19.4 Å². The Morgan fingerprint density at radius 3 is 2.93 bits per heavy atom. The van der Waals surface area contributed by atoms with Crippen molar-refractivity contribution in [2.24, 2.45) is 0 Å². The van der Waals surface area contributed by atoms with Crippen LogP contribution in [0.1, 0.15) is 20.8 Å². The Morgan fingerprint density at radius 1 is 1.73 bits per heavy atom. The normalized spacial score (nSPS) is 14.7. The van der Waals surface area contributed by atoms with Gasteiger partial charge in [-0.15, -0.1) is 11.3 Å². The predicted molar refractivity (Wildman–Crippen MR) is 58.3 cm³/mol. The van der Waals surface area contributed by atoms with Gasteiger partial charge < -0.3 is 14.9 Å². The zero-order chi connectivity index (χ0) is 11.4. The molecule has 2 N–H and O–H groups in total. The zero-order valence-corrected chi connectivity index (χ0v) is 9.66. The summed E-state index contributed by atoms with van der Waals surface area (Å²) in [5, 5.41) is 19.1. The van der Waals surface area contributed by atoms with E-state index in [4.69, 9.17) is 0 Å². The van der Waals surface area contributed by atoms with Crippen molar-refractivity contribution in [3.05, 3.63) is 16.1 Å². The number of thiazole rings is 1. The number of ether oxygens (including phenoxy) is 1. The van der Waals surface area contributed by atoms with Crippen LogP contribution in [0.3, 0.4) is 0 Å². The van der Waals surface area contributed by atoms with Crippen LogP contribution in [0.25, 0.3) is 0 Å². The number of hydrogen-bond acceptors (Lipinski definition) is 7. The zero-order valence-electron chi connectivity index (χ0n) is 7.95. The van der Waals surface area contributed by atoms with Crippen LogP contribution in [0.5, 0.6) is 0 Å².